The molecule has 2 amide bonds. The van der Waals surface area contributed by atoms with Crippen LogP contribution in [-0.2, 0) is 9.59 Å². The minimum absolute atomic E-state index is 0.0644. The Morgan fingerprint density at radius 3 is 2.29 bits per heavy atom. The zero-order valence-corrected chi connectivity index (χ0v) is 8.88. The van der Waals surface area contributed by atoms with Gasteiger partial charge in [0, 0.05) is 19.4 Å². The zero-order chi connectivity index (χ0) is 10.8. The molecule has 0 aliphatic carbocycles. The van der Waals surface area contributed by atoms with E-state index in [2.05, 4.69) is 6.58 Å². The van der Waals surface area contributed by atoms with Gasteiger partial charge in [0.15, 0.2) is 0 Å². The van der Waals surface area contributed by atoms with E-state index in [1.54, 1.807) is 6.08 Å². The molecule has 0 N–H and O–H groups in total. The highest BCUT2D eigenvalue weighted by atomic mass is 16.2. The highest BCUT2D eigenvalue weighted by Gasteiger charge is 2.38. The van der Waals surface area contributed by atoms with Crippen LogP contribution >= 0.6 is 0 Å². The third kappa shape index (κ3) is 2.03. The molecular formula is C11H17NO2. The van der Waals surface area contributed by atoms with Gasteiger partial charge in [0.25, 0.3) is 0 Å². The van der Waals surface area contributed by atoms with Gasteiger partial charge in [-0.15, -0.1) is 6.58 Å². The molecule has 0 aromatic heterocycles. The number of rotatable bonds is 3. The SMILES string of the molecule is C=CCN1C(=O)CC(C)(CC)CC1=O. The summed E-state index contributed by atoms with van der Waals surface area (Å²) in [4.78, 5) is 24.5. The number of nitrogens with zero attached hydrogens (tertiary/aromatic N) is 1. The molecule has 1 saturated heterocycles. The Morgan fingerprint density at radius 1 is 1.43 bits per heavy atom. The second-order valence-electron chi connectivity index (χ2n) is 4.20. The molecule has 1 fully saturated rings. The molecule has 1 heterocycles. The summed E-state index contributed by atoms with van der Waals surface area (Å²) in [6.45, 7) is 7.89. The van der Waals surface area contributed by atoms with Gasteiger partial charge in [-0.2, -0.15) is 0 Å². The lowest BCUT2D eigenvalue weighted by Gasteiger charge is -2.36. The number of hydrogen-bond donors (Lipinski definition) is 0. The summed E-state index contributed by atoms with van der Waals surface area (Å²) >= 11 is 0. The Kier molecular flexibility index (Phi) is 3.09. The molecule has 78 valence electrons. The van der Waals surface area contributed by atoms with Crippen LogP contribution in [0.15, 0.2) is 12.7 Å². The summed E-state index contributed by atoms with van der Waals surface area (Å²) in [6, 6.07) is 0. The van der Waals surface area contributed by atoms with Crippen molar-refractivity contribution in [2.75, 3.05) is 6.54 Å². The van der Waals surface area contributed by atoms with E-state index in [0.29, 0.717) is 19.4 Å². The van der Waals surface area contributed by atoms with E-state index in [4.69, 9.17) is 0 Å². The average Bonchev–Trinajstić information content (AvgIpc) is 2.11. The van der Waals surface area contributed by atoms with Crippen molar-refractivity contribution in [3.05, 3.63) is 12.7 Å². The summed E-state index contributed by atoms with van der Waals surface area (Å²) in [5, 5.41) is 0. The molecule has 0 spiro atoms. The molecule has 1 aliphatic rings. The van der Waals surface area contributed by atoms with Crippen molar-refractivity contribution in [1.29, 1.82) is 0 Å². The summed E-state index contributed by atoms with van der Waals surface area (Å²) in [7, 11) is 0. The van der Waals surface area contributed by atoms with Gasteiger partial charge in [0.2, 0.25) is 11.8 Å². The maximum absolute atomic E-state index is 11.6. The van der Waals surface area contributed by atoms with E-state index < -0.39 is 0 Å². The van der Waals surface area contributed by atoms with Crippen LogP contribution < -0.4 is 0 Å². The zero-order valence-electron chi connectivity index (χ0n) is 8.88. The number of amides is 2. The molecule has 0 atom stereocenters. The van der Waals surface area contributed by atoms with Crippen LogP contribution in [0, 0.1) is 5.41 Å². The van der Waals surface area contributed by atoms with Gasteiger partial charge in [-0.1, -0.05) is 19.9 Å². The number of carbonyl (C=O) groups excluding carboxylic acids is 2. The lowest BCUT2D eigenvalue weighted by atomic mass is 9.77. The van der Waals surface area contributed by atoms with Crippen LogP contribution in [0.3, 0.4) is 0 Å². The summed E-state index contributed by atoms with van der Waals surface area (Å²) < 4.78 is 0. The molecule has 3 heteroatoms. The number of piperidine rings is 1. The van der Waals surface area contributed by atoms with Crippen molar-refractivity contribution in [2.45, 2.75) is 33.1 Å². The van der Waals surface area contributed by atoms with E-state index in [1.165, 1.54) is 4.90 Å². The van der Waals surface area contributed by atoms with Gasteiger partial charge in [-0.05, 0) is 11.8 Å². The molecule has 0 bridgehead atoms. The number of likely N-dealkylation sites (tertiary alicyclic amines) is 1. The van der Waals surface area contributed by atoms with Crippen LogP contribution in [0.5, 0.6) is 0 Å². The van der Waals surface area contributed by atoms with Gasteiger partial charge < -0.3 is 0 Å². The number of imide groups is 1. The van der Waals surface area contributed by atoms with Crippen LogP contribution in [0.25, 0.3) is 0 Å². The van der Waals surface area contributed by atoms with Crippen LogP contribution in [0.4, 0.5) is 0 Å². The fraction of sp³-hybridized carbons (Fsp3) is 0.636. The molecule has 1 aliphatic heterocycles. The quantitative estimate of drug-likeness (QED) is 0.508. The Bertz CT molecular complexity index is 252. The van der Waals surface area contributed by atoms with Crippen molar-refractivity contribution in [1.82, 2.24) is 4.90 Å². The van der Waals surface area contributed by atoms with Gasteiger partial charge >= 0.3 is 0 Å². The number of hydrogen-bond acceptors (Lipinski definition) is 2. The molecule has 14 heavy (non-hydrogen) atoms. The van der Waals surface area contributed by atoms with Crippen LogP contribution in [0.2, 0.25) is 0 Å². The van der Waals surface area contributed by atoms with E-state index >= 15 is 0 Å². The maximum Gasteiger partial charge on any atom is 0.230 e. The smallest absolute Gasteiger partial charge is 0.230 e. The molecule has 0 saturated carbocycles. The monoisotopic (exact) mass is 195 g/mol. The van der Waals surface area contributed by atoms with Gasteiger partial charge in [-0.3, -0.25) is 14.5 Å². The first-order valence-electron chi connectivity index (χ1n) is 4.96. The topological polar surface area (TPSA) is 37.4 Å². The van der Waals surface area contributed by atoms with Crippen LogP contribution in [0.1, 0.15) is 33.1 Å². The second kappa shape index (κ2) is 3.95. The van der Waals surface area contributed by atoms with Crippen molar-refractivity contribution < 1.29 is 9.59 Å². The Hall–Kier alpha value is -1.12. The third-order valence-electron chi connectivity index (χ3n) is 2.92. The Balaban J connectivity index is 2.77. The largest absolute Gasteiger partial charge is 0.279 e. The maximum atomic E-state index is 11.6. The van der Waals surface area contributed by atoms with Crippen molar-refractivity contribution in [3.63, 3.8) is 0 Å². The van der Waals surface area contributed by atoms with Gasteiger partial charge in [-0.25, -0.2) is 0 Å². The highest BCUT2D eigenvalue weighted by molar-refractivity contribution is 5.98. The van der Waals surface area contributed by atoms with Crippen molar-refractivity contribution in [2.24, 2.45) is 5.41 Å². The van der Waals surface area contributed by atoms with E-state index in [1.807, 2.05) is 13.8 Å². The predicted octanol–water partition coefficient (Wildman–Crippen LogP) is 1.74. The minimum atomic E-state index is -0.133. The van der Waals surface area contributed by atoms with E-state index in [-0.39, 0.29) is 17.2 Å². The highest BCUT2D eigenvalue weighted by Crippen LogP contribution is 2.35. The lowest BCUT2D eigenvalue weighted by Crippen LogP contribution is -2.46. The molecule has 0 radical (unpaired) electrons. The molecule has 0 aromatic carbocycles. The average molecular weight is 195 g/mol. The van der Waals surface area contributed by atoms with Crippen LogP contribution in [-0.4, -0.2) is 23.3 Å². The van der Waals surface area contributed by atoms with E-state index in [9.17, 15) is 9.59 Å². The first-order valence-corrected chi connectivity index (χ1v) is 4.96. The minimum Gasteiger partial charge on any atom is -0.279 e. The summed E-state index contributed by atoms with van der Waals surface area (Å²) in [6.07, 6.45) is 3.41. The van der Waals surface area contributed by atoms with E-state index in [0.717, 1.165) is 6.42 Å². The molecule has 0 unspecified atom stereocenters. The summed E-state index contributed by atoms with van der Waals surface area (Å²) in [5.74, 6) is -0.129. The second-order valence-corrected chi connectivity index (χ2v) is 4.20. The Morgan fingerprint density at radius 2 is 1.93 bits per heavy atom. The predicted molar refractivity (Wildman–Crippen MR) is 54.5 cm³/mol. The molecule has 0 aromatic rings. The molecular weight excluding hydrogens is 178 g/mol. The number of carbonyl (C=O) groups is 2. The van der Waals surface area contributed by atoms with Crippen molar-refractivity contribution >= 4 is 11.8 Å². The summed E-state index contributed by atoms with van der Waals surface area (Å²) in [5.41, 5.74) is -0.133. The normalized spacial score (nSPS) is 21.1. The third-order valence-corrected chi connectivity index (χ3v) is 2.92. The molecule has 3 nitrogen and oxygen atoms in total. The Labute approximate surface area is 84.8 Å². The fourth-order valence-electron chi connectivity index (χ4n) is 1.71. The first-order chi connectivity index (χ1) is 6.52. The van der Waals surface area contributed by atoms with Crippen molar-refractivity contribution in [3.8, 4) is 0 Å². The van der Waals surface area contributed by atoms with Gasteiger partial charge in [0.05, 0.1) is 0 Å². The fourth-order valence-corrected chi connectivity index (χ4v) is 1.71. The standard InChI is InChI=1S/C11H17NO2/c1-4-6-12-9(13)7-11(3,5-2)8-10(12)14/h4H,1,5-8H2,2-3H3. The lowest BCUT2D eigenvalue weighted by molar-refractivity contribution is -0.152. The first kappa shape index (κ1) is 11.0. The molecule has 1 rings (SSSR count). The van der Waals surface area contributed by atoms with Gasteiger partial charge in [0.1, 0.15) is 0 Å².